The highest BCUT2D eigenvalue weighted by Crippen LogP contribution is 2.25. The van der Waals surface area contributed by atoms with E-state index in [4.69, 9.17) is 23.2 Å². The van der Waals surface area contributed by atoms with Crippen LogP contribution in [0.5, 0.6) is 0 Å². The first-order valence-corrected chi connectivity index (χ1v) is 8.49. The summed E-state index contributed by atoms with van der Waals surface area (Å²) >= 11 is 12.0. The molecule has 3 rings (SSSR count). The Labute approximate surface area is 155 Å². The summed E-state index contributed by atoms with van der Waals surface area (Å²) in [6.45, 7) is 0.419. The normalized spacial score (nSPS) is 10.7. The number of carbonyl (C=O) groups excluding carboxylic acids is 1. The molecule has 0 atom stereocenters. The van der Waals surface area contributed by atoms with Crippen LogP contribution in [0.4, 0.5) is 0 Å². The second-order valence-electron chi connectivity index (χ2n) is 5.47. The number of nitrogens with one attached hydrogen (secondary N) is 1. The van der Waals surface area contributed by atoms with Crippen LogP contribution in [0.15, 0.2) is 48.5 Å². The molecule has 25 heavy (non-hydrogen) atoms. The molecular weight excluding hydrogens is 359 g/mol. The van der Waals surface area contributed by atoms with E-state index in [1.54, 1.807) is 18.2 Å². The Morgan fingerprint density at radius 3 is 2.60 bits per heavy atom. The molecular formula is C18H16Cl2N4O. The van der Waals surface area contributed by atoms with Gasteiger partial charge in [-0.3, -0.25) is 4.79 Å². The van der Waals surface area contributed by atoms with Crippen LogP contribution in [0.2, 0.25) is 10.0 Å². The van der Waals surface area contributed by atoms with Crippen molar-refractivity contribution < 1.29 is 4.79 Å². The van der Waals surface area contributed by atoms with Crippen molar-refractivity contribution in [3.05, 3.63) is 70.0 Å². The lowest BCUT2D eigenvalue weighted by Gasteiger charge is -2.08. The van der Waals surface area contributed by atoms with Crippen LogP contribution < -0.4 is 5.32 Å². The molecule has 0 saturated heterocycles. The van der Waals surface area contributed by atoms with E-state index in [0.29, 0.717) is 23.6 Å². The fraction of sp³-hybridized carbons (Fsp3) is 0.167. The lowest BCUT2D eigenvalue weighted by atomic mass is 10.2. The SMILES string of the molecule is Cn1c(CCNC(=O)c2cccc(Cl)c2Cl)nnc1-c1ccccc1. The minimum absolute atomic E-state index is 0.256. The fourth-order valence-corrected chi connectivity index (χ4v) is 2.87. The topological polar surface area (TPSA) is 59.8 Å². The standard InChI is InChI=1S/C18H16Cl2N4O/c1-24-15(22-23-17(24)12-6-3-2-4-7-12)10-11-21-18(25)13-8-5-9-14(19)16(13)20/h2-9H,10-11H2,1H3,(H,21,25). The summed E-state index contributed by atoms with van der Waals surface area (Å²) in [6.07, 6.45) is 0.556. The third-order valence-corrected chi connectivity index (χ3v) is 4.65. The Morgan fingerprint density at radius 2 is 1.84 bits per heavy atom. The van der Waals surface area contributed by atoms with Crippen LogP contribution >= 0.6 is 23.2 Å². The van der Waals surface area contributed by atoms with Crippen LogP contribution in [-0.2, 0) is 13.5 Å². The van der Waals surface area contributed by atoms with Gasteiger partial charge in [0.05, 0.1) is 15.6 Å². The van der Waals surface area contributed by atoms with Crippen molar-refractivity contribution in [3.63, 3.8) is 0 Å². The van der Waals surface area contributed by atoms with Crippen LogP contribution in [-0.4, -0.2) is 27.2 Å². The largest absolute Gasteiger partial charge is 0.352 e. The van der Waals surface area contributed by atoms with Gasteiger partial charge in [-0.25, -0.2) is 0 Å². The summed E-state index contributed by atoms with van der Waals surface area (Å²) in [5.74, 6) is 1.31. The molecule has 0 unspecified atom stereocenters. The summed E-state index contributed by atoms with van der Waals surface area (Å²) < 4.78 is 1.92. The molecule has 0 radical (unpaired) electrons. The first-order chi connectivity index (χ1) is 12.1. The monoisotopic (exact) mass is 374 g/mol. The second kappa shape index (κ2) is 7.68. The van der Waals surface area contributed by atoms with E-state index in [1.807, 2.05) is 41.9 Å². The number of aromatic nitrogens is 3. The van der Waals surface area contributed by atoms with Gasteiger partial charge in [-0.15, -0.1) is 10.2 Å². The highest BCUT2D eigenvalue weighted by Gasteiger charge is 2.14. The minimum atomic E-state index is -0.266. The summed E-state index contributed by atoms with van der Waals surface area (Å²) in [5.41, 5.74) is 1.36. The number of carbonyl (C=O) groups is 1. The summed E-state index contributed by atoms with van der Waals surface area (Å²) in [4.78, 5) is 12.2. The van der Waals surface area contributed by atoms with Crippen molar-refractivity contribution in [2.24, 2.45) is 7.05 Å². The molecule has 128 valence electrons. The molecule has 1 amide bonds. The quantitative estimate of drug-likeness (QED) is 0.739. The molecule has 1 heterocycles. The van der Waals surface area contributed by atoms with Crippen molar-refractivity contribution in [1.29, 1.82) is 0 Å². The Bertz CT molecular complexity index is 893. The van der Waals surface area contributed by atoms with E-state index in [1.165, 1.54) is 0 Å². The summed E-state index contributed by atoms with van der Waals surface area (Å²) in [6, 6.07) is 14.8. The lowest BCUT2D eigenvalue weighted by Crippen LogP contribution is -2.26. The van der Waals surface area contributed by atoms with Gasteiger partial charge in [-0.2, -0.15) is 0 Å². The van der Waals surface area contributed by atoms with Gasteiger partial charge >= 0.3 is 0 Å². The number of nitrogens with zero attached hydrogens (tertiary/aromatic N) is 3. The van der Waals surface area contributed by atoms with E-state index >= 15 is 0 Å². The van der Waals surface area contributed by atoms with Crippen molar-refractivity contribution in [2.75, 3.05) is 6.54 Å². The number of amides is 1. The van der Waals surface area contributed by atoms with Gasteiger partial charge in [-0.05, 0) is 12.1 Å². The molecule has 0 fully saturated rings. The second-order valence-corrected chi connectivity index (χ2v) is 6.26. The van der Waals surface area contributed by atoms with E-state index in [9.17, 15) is 4.79 Å². The molecule has 2 aromatic carbocycles. The van der Waals surface area contributed by atoms with Crippen molar-refractivity contribution in [1.82, 2.24) is 20.1 Å². The van der Waals surface area contributed by atoms with Crippen molar-refractivity contribution >= 4 is 29.1 Å². The zero-order valence-corrected chi connectivity index (χ0v) is 15.1. The average Bonchev–Trinajstić information content (AvgIpc) is 2.99. The molecule has 7 heteroatoms. The third kappa shape index (κ3) is 3.83. The van der Waals surface area contributed by atoms with Gasteiger partial charge in [0.15, 0.2) is 5.82 Å². The van der Waals surface area contributed by atoms with Gasteiger partial charge < -0.3 is 9.88 Å². The van der Waals surface area contributed by atoms with Gasteiger partial charge in [0.2, 0.25) is 0 Å². The molecule has 0 bridgehead atoms. The van der Waals surface area contributed by atoms with Crippen LogP contribution in [0, 0.1) is 0 Å². The third-order valence-electron chi connectivity index (χ3n) is 3.83. The van der Waals surface area contributed by atoms with E-state index < -0.39 is 0 Å². The highest BCUT2D eigenvalue weighted by molar-refractivity contribution is 6.43. The molecule has 0 aliphatic carbocycles. The number of rotatable bonds is 5. The van der Waals surface area contributed by atoms with Gasteiger partial charge in [0.1, 0.15) is 5.82 Å². The predicted octanol–water partition coefficient (Wildman–Crippen LogP) is 3.76. The van der Waals surface area contributed by atoms with Gasteiger partial charge in [-0.1, -0.05) is 59.6 Å². The molecule has 0 saturated carbocycles. The Hall–Kier alpha value is -2.37. The maximum Gasteiger partial charge on any atom is 0.252 e. The van der Waals surface area contributed by atoms with E-state index in [-0.39, 0.29) is 10.9 Å². The Kier molecular flexibility index (Phi) is 5.36. The summed E-state index contributed by atoms with van der Waals surface area (Å²) in [7, 11) is 1.91. The number of halogens is 2. The maximum atomic E-state index is 12.2. The van der Waals surface area contributed by atoms with Crippen LogP contribution in [0.1, 0.15) is 16.2 Å². The van der Waals surface area contributed by atoms with E-state index in [0.717, 1.165) is 17.2 Å². The Morgan fingerprint density at radius 1 is 1.08 bits per heavy atom. The maximum absolute atomic E-state index is 12.2. The minimum Gasteiger partial charge on any atom is -0.352 e. The van der Waals surface area contributed by atoms with E-state index in [2.05, 4.69) is 15.5 Å². The summed E-state index contributed by atoms with van der Waals surface area (Å²) in [5, 5.41) is 11.9. The average molecular weight is 375 g/mol. The van der Waals surface area contributed by atoms with Crippen molar-refractivity contribution in [2.45, 2.75) is 6.42 Å². The number of benzene rings is 2. The van der Waals surface area contributed by atoms with Gasteiger partial charge in [0, 0.05) is 25.6 Å². The van der Waals surface area contributed by atoms with Crippen LogP contribution in [0.3, 0.4) is 0 Å². The smallest absolute Gasteiger partial charge is 0.252 e. The van der Waals surface area contributed by atoms with Crippen LogP contribution in [0.25, 0.3) is 11.4 Å². The Balaban J connectivity index is 1.64. The number of hydrogen-bond donors (Lipinski definition) is 1. The van der Waals surface area contributed by atoms with Crippen molar-refractivity contribution in [3.8, 4) is 11.4 Å². The first-order valence-electron chi connectivity index (χ1n) is 7.74. The fourth-order valence-electron chi connectivity index (χ4n) is 2.48. The number of hydrogen-bond acceptors (Lipinski definition) is 3. The first kappa shape index (κ1) is 17.5. The predicted molar refractivity (Wildman–Crippen MR) is 98.9 cm³/mol. The molecule has 1 aromatic heterocycles. The van der Waals surface area contributed by atoms with Gasteiger partial charge in [0.25, 0.3) is 5.91 Å². The molecule has 1 N–H and O–H groups in total. The zero-order chi connectivity index (χ0) is 17.8. The lowest BCUT2D eigenvalue weighted by molar-refractivity contribution is 0.0954. The zero-order valence-electron chi connectivity index (χ0n) is 13.5. The molecule has 0 aliphatic heterocycles. The molecule has 3 aromatic rings. The molecule has 0 spiro atoms. The molecule has 0 aliphatic rings. The molecule has 5 nitrogen and oxygen atoms in total. The highest BCUT2D eigenvalue weighted by atomic mass is 35.5.